The average molecular weight is 698 g/mol. The van der Waals surface area contributed by atoms with Crippen molar-refractivity contribution in [1.82, 2.24) is 14.5 Å². The van der Waals surface area contributed by atoms with Crippen molar-refractivity contribution in [2.24, 2.45) is 0 Å². The van der Waals surface area contributed by atoms with Gasteiger partial charge in [-0.05, 0) is 74.1 Å². The summed E-state index contributed by atoms with van der Waals surface area (Å²) in [5.74, 6) is 0. The van der Waals surface area contributed by atoms with Crippen molar-refractivity contribution in [3.63, 3.8) is 0 Å². The van der Waals surface area contributed by atoms with E-state index in [1.54, 1.807) is 0 Å². The molecule has 6 aromatic rings. The molecule has 1 radical (unpaired) electrons. The number of nitrogens with zero attached hydrogens (tertiary/aromatic N) is 3. The third-order valence-corrected chi connectivity index (χ3v) is 7.74. The minimum atomic E-state index is 0. The Balaban J connectivity index is 0.000000184. The number of pyridine rings is 2. The Bertz CT molecular complexity index is 1800. The monoisotopic (exact) mass is 698 g/mol. The molecule has 0 saturated carbocycles. The van der Waals surface area contributed by atoms with Crippen LogP contribution in [0.4, 0.5) is 0 Å². The molecule has 0 aliphatic carbocycles. The van der Waals surface area contributed by atoms with Gasteiger partial charge in [0.15, 0.2) is 0 Å². The summed E-state index contributed by atoms with van der Waals surface area (Å²) in [4.78, 5) is 9.08. The van der Waals surface area contributed by atoms with Crippen molar-refractivity contribution in [3.05, 3.63) is 131 Å². The molecule has 1 aliphatic heterocycles. The van der Waals surface area contributed by atoms with Crippen LogP contribution in [-0.4, -0.2) is 14.5 Å². The Labute approximate surface area is 250 Å². The number of hydrogen-bond acceptors (Lipinski definition) is 2. The summed E-state index contributed by atoms with van der Waals surface area (Å²) in [5.41, 5.74) is 14.4. The summed E-state index contributed by atoms with van der Waals surface area (Å²) >= 11 is 0. The van der Waals surface area contributed by atoms with E-state index in [-0.39, 0.29) is 20.1 Å². The first-order valence-corrected chi connectivity index (χ1v) is 13.5. The smallest absolute Gasteiger partial charge is 0.0478 e. The molecule has 3 aromatic carbocycles. The van der Waals surface area contributed by atoms with Crippen molar-refractivity contribution in [3.8, 4) is 33.8 Å². The number of benzene rings is 3. The van der Waals surface area contributed by atoms with E-state index in [0.29, 0.717) is 0 Å². The Kier molecular flexibility index (Phi) is 8.12. The molecule has 201 valence electrons. The topological polar surface area (TPSA) is 30.7 Å². The summed E-state index contributed by atoms with van der Waals surface area (Å²) in [6.07, 6.45) is 4.93. The van der Waals surface area contributed by atoms with Crippen LogP contribution in [0.2, 0.25) is 0 Å². The molecule has 3 nitrogen and oxygen atoms in total. The molecule has 1 aliphatic rings. The standard InChI is InChI=1S/C23H19N2.C13H12N.Ir/c1-15-12-20(24-14-16(15)2)19-8-5-7-17-10-11-25-21-9-4-3-6-18(21)13-22(25)23(17)19;1-10-8-13(14-9-11(10)2)12-6-4-3-5-7-12;/h3-7,9,12-14H,10-11H2,1-2H3;3-6,8-9H,1-2H3;/q2*-1;. The summed E-state index contributed by atoms with van der Waals surface area (Å²) in [7, 11) is 0. The van der Waals surface area contributed by atoms with E-state index in [2.05, 4.69) is 97.9 Å². The van der Waals surface area contributed by atoms with Gasteiger partial charge in [0.2, 0.25) is 0 Å². The van der Waals surface area contributed by atoms with Gasteiger partial charge in [0.05, 0.1) is 0 Å². The molecule has 7 rings (SSSR count). The zero-order chi connectivity index (χ0) is 26.9. The number of hydrogen-bond donors (Lipinski definition) is 0. The third-order valence-electron chi connectivity index (χ3n) is 7.74. The molecular formula is C36H31IrN3-2. The summed E-state index contributed by atoms with van der Waals surface area (Å²) < 4.78 is 2.44. The van der Waals surface area contributed by atoms with E-state index in [0.717, 1.165) is 35.5 Å². The van der Waals surface area contributed by atoms with Gasteiger partial charge in [-0.2, -0.15) is 0 Å². The van der Waals surface area contributed by atoms with Gasteiger partial charge in [0, 0.05) is 50.3 Å². The Morgan fingerprint density at radius 1 is 0.700 bits per heavy atom. The molecule has 0 unspecified atom stereocenters. The Hall–Kier alpha value is -3.85. The summed E-state index contributed by atoms with van der Waals surface area (Å²) in [6, 6.07) is 34.0. The van der Waals surface area contributed by atoms with Crippen molar-refractivity contribution >= 4 is 10.9 Å². The minimum Gasteiger partial charge on any atom is -0.348 e. The average Bonchev–Trinajstić information content (AvgIpc) is 3.35. The van der Waals surface area contributed by atoms with Crippen LogP contribution >= 0.6 is 0 Å². The molecule has 0 amide bonds. The molecule has 4 heterocycles. The zero-order valence-electron chi connectivity index (χ0n) is 23.2. The molecule has 4 heteroatoms. The quantitative estimate of drug-likeness (QED) is 0.170. The maximum Gasteiger partial charge on any atom is 0.0478 e. The van der Waals surface area contributed by atoms with Crippen LogP contribution in [0.25, 0.3) is 44.7 Å². The van der Waals surface area contributed by atoms with Crippen LogP contribution in [0.15, 0.2) is 91.3 Å². The number of rotatable bonds is 2. The van der Waals surface area contributed by atoms with Gasteiger partial charge in [-0.1, -0.05) is 47.0 Å². The first-order chi connectivity index (χ1) is 19.0. The summed E-state index contributed by atoms with van der Waals surface area (Å²) in [6.45, 7) is 9.45. The van der Waals surface area contributed by atoms with E-state index in [1.807, 2.05) is 42.7 Å². The molecule has 0 N–H and O–H groups in total. The Morgan fingerprint density at radius 3 is 2.12 bits per heavy atom. The van der Waals surface area contributed by atoms with Crippen LogP contribution in [-0.2, 0) is 33.1 Å². The van der Waals surface area contributed by atoms with Crippen molar-refractivity contribution in [1.29, 1.82) is 0 Å². The zero-order valence-corrected chi connectivity index (χ0v) is 25.6. The van der Waals surface area contributed by atoms with Gasteiger partial charge in [0.25, 0.3) is 0 Å². The third kappa shape index (κ3) is 5.30. The van der Waals surface area contributed by atoms with E-state index < -0.39 is 0 Å². The van der Waals surface area contributed by atoms with Gasteiger partial charge in [-0.15, -0.1) is 65.2 Å². The molecular weight excluding hydrogens is 667 g/mol. The van der Waals surface area contributed by atoms with Gasteiger partial charge >= 0.3 is 0 Å². The second kappa shape index (κ2) is 11.7. The van der Waals surface area contributed by atoms with Crippen molar-refractivity contribution in [2.75, 3.05) is 0 Å². The van der Waals surface area contributed by atoms with Gasteiger partial charge < -0.3 is 14.5 Å². The van der Waals surface area contributed by atoms with E-state index in [9.17, 15) is 0 Å². The fourth-order valence-electron chi connectivity index (χ4n) is 5.22. The predicted octanol–water partition coefficient (Wildman–Crippen LogP) is 8.51. The first kappa shape index (κ1) is 27.7. The van der Waals surface area contributed by atoms with Crippen LogP contribution in [0, 0.1) is 39.8 Å². The molecule has 3 aromatic heterocycles. The number of aromatic nitrogens is 3. The molecule has 0 fully saturated rings. The number of aryl methyl sites for hydroxylation is 6. The molecule has 0 bridgehead atoms. The van der Waals surface area contributed by atoms with Gasteiger partial charge in [-0.3, -0.25) is 0 Å². The maximum absolute atomic E-state index is 4.70. The summed E-state index contributed by atoms with van der Waals surface area (Å²) in [5, 5.41) is 1.30. The van der Waals surface area contributed by atoms with Crippen LogP contribution in [0.3, 0.4) is 0 Å². The molecule has 0 spiro atoms. The fourth-order valence-corrected chi connectivity index (χ4v) is 5.22. The number of fused-ring (bicyclic) bond motifs is 5. The second-order valence-electron chi connectivity index (χ2n) is 10.3. The van der Waals surface area contributed by atoms with Crippen molar-refractivity contribution in [2.45, 2.75) is 40.7 Å². The Morgan fingerprint density at radius 2 is 1.40 bits per heavy atom. The molecule has 40 heavy (non-hydrogen) atoms. The fraction of sp³-hybridized carbons (Fsp3) is 0.167. The van der Waals surface area contributed by atoms with E-state index >= 15 is 0 Å². The number of para-hydroxylation sites is 1. The predicted molar refractivity (Wildman–Crippen MR) is 161 cm³/mol. The van der Waals surface area contributed by atoms with Gasteiger partial charge in [-0.25, -0.2) is 0 Å². The van der Waals surface area contributed by atoms with Crippen LogP contribution in [0.1, 0.15) is 27.8 Å². The first-order valence-electron chi connectivity index (χ1n) is 13.5. The molecule has 0 saturated heterocycles. The van der Waals surface area contributed by atoms with E-state index in [4.69, 9.17) is 4.98 Å². The minimum absolute atomic E-state index is 0. The maximum atomic E-state index is 4.70. The normalized spacial score (nSPS) is 11.6. The SMILES string of the molecule is Cc1cnc(-c2[c-]ccc3c2-c2cc4ccccc4n2CC3)cc1C.Cc1cnc(-c2[c-]cccc2)cc1C.[Ir]. The van der Waals surface area contributed by atoms with Gasteiger partial charge in [0.1, 0.15) is 0 Å². The van der Waals surface area contributed by atoms with Crippen molar-refractivity contribution < 1.29 is 20.1 Å². The van der Waals surface area contributed by atoms with Crippen LogP contribution < -0.4 is 0 Å². The second-order valence-corrected chi connectivity index (χ2v) is 10.3. The van der Waals surface area contributed by atoms with E-state index in [1.165, 1.54) is 50.0 Å². The molecule has 0 atom stereocenters. The van der Waals surface area contributed by atoms with Crippen LogP contribution in [0.5, 0.6) is 0 Å². The largest absolute Gasteiger partial charge is 0.348 e.